The Kier molecular flexibility index (Phi) is 13.3. The molecule has 0 saturated carbocycles. The van der Waals surface area contributed by atoms with Crippen LogP contribution in [0.25, 0.3) is 21.5 Å². The van der Waals surface area contributed by atoms with Crippen molar-refractivity contribution in [1.29, 1.82) is 0 Å². The average molecular weight is 748 g/mol. The van der Waals surface area contributed by atoms with Crippen molar-refractivity contribution in [2.24, 2.45) is 11.3 Å². The second-order valence-corrected chi connectivity index (χ2v) is 21.5. The maximum absolute atomic E-state index is 3.40. The van der Waals surface area contributed by atoms with Crippen LogP contribution in [0.4, 0.5) is 0 Å². The number of benzene rings is 3. The molecule has 4 aromatic carbocycles. The van der Waals surface area contributed by atoms with Gasteiger partial charge in [-0.05, 0) is 21.7 Å². The first-order chi connectivity index (χ1) is 22.7. The second-order valence-electron chi connectivity index (χ2n) is 19.7. The molecule has 268 valence electrons. The molecule has 1 unspecified atom stereocenters. The molecule has 1 heteroatoms. The van der Waals surface area contributed by atoms with Crippen molar-refractivity contribution in [2.45, 2.75) is 152 Å². The zero-order valence-electron chi connectivity index (χ0n) is 34.9. The van der Waals surface area contributed by atoms with Gasteiger partial charge in [0.1, 0.15) is 0 Å². The Hall–Kier alpha value is -2.24. The molecule has 0 nitrogen and oxygen atoms in total. The number of hydrogen-bond acceptors (Lipinski definition) is 0. The Balaban J connectivity index is 0.000000261. The molecule has 0 radical (unpaired) electrons. The Morgan fingerprint density at radius 1 is 0.620 bits per heavy atom. The molecule has 1 aliphatic rings. The van der Waals surface area contributed by atoms with E-state index in [9.17, 15) is 0 Å². The fourth-order valence-corrected chi connectivity index (χ4v) is 7.14. The third-order valence-corrected chi connectivity index (χ3v) is 10.4. The minimum absolute atomic E-state index is 0.124. The quantitative estimate of drug-likeness (QED) is 0.183. The standard InChI is InChI=1S/C29H41.C12H19.C8H8.Zr/c1-26(2,3)22-14-18-13-19-15-23(27(4,5)6)25(29(10,11)12)17-21(19)20(18)16-24(22)28(7,8)9;1-5-6-10-7-8-11(9-10)12(2,3)4;1-2-8-6-4-3-5-7-8;/h13-17H,1-12H3;8-10H,5-6H2,1-4H3;3-7H,1H3;/q2*-1;;+2. The zero-order valence-corrected chi connectivity index (χ0v) is 37.4. The van der Waals surface area contributed by atoms with E-state index >= 15 is 0 Å². The van der Waals surface area contributed by atoms with Crippen molar-refractivity contribution >= 4 is 24.8 Å². The van der Waals surface area contributed by atoms with Crippen LogP contribution in [-0.4, -0.2) is 3.21 Å². The topological polar surface area (TPSA) is 0 Å². The van der Waals surface area contributed by atoms with Gasteiger partial charge in [-0.1, -0.05) is 169 Å². The molecule has 0 heterocycles. The molecular formula is C49H68Zr. The molecular weight excluding hydrogens is 680 g/mol. The summed E-state index contributed by atoms with van der Waals surface area (Å²) in [6.45, 7) is 39.2. The molecule has 0 bridgehead atoms. The molecule has 0 fully saturated rings. The van der Waals surface area contributed by atoms with Crippen LogP contribution < -0.4 is 0 Å². The first-order valence-electron chi connectivity index (χ1n) is 18.9. The molecule has 0 spiro atoms. The summed E-state index contributed by atoms with van der Waals surface area (Å²) in [7, 11) is 0. The first kappa shape index (κ1) is 42.2. The number of allylic oxidation sites excluding steroid dienone is 4. The van der Waals surface area contributed by atoms with E-state index in [-0.39, 0.29) is 21.7 Å². The fraction of sp³-hybridized carbons (Fsp3) is 0.510. The van der Waals surface area contributed by atoms with E-state index in [1.807, 2.05) is 6.07 Å². The van der Waals surface area contributed by atoms with Crippen molar-refractivity contribution in [1.82, 2.24) is 0 Å². The third kappa shape index (κ3) is 10.9. The van der Waals surface area contributed by atoms with Gasteiger partial charge in [-0.15, -0.1) is 39.7 Å². The van der Waals surface area contributed by atoms with E-state index in [2.05, 4.69) is 191 Å². The monoisotopic (exact) mass is 746 g/mol. The summed E-state index contributed by atoms with van der Waals surface area (Å²) in [4.78, 5) is 0. The van der Waals surface area contributed by atoms with Gasteiger partial charge in [0.25, 0.3) is 0 Å². The second kappa shape index (κ2) is 15.8. The van der Waals surface area contributed by atoms with Crippen LogP contribution >= 0.6 is 0 Å². The first-order valence-corrected chi connectivity index (χ1v) is 20.1. The number of hydrogen-bond donors (Lipinski definition) is 0. The van der Waals surface area contributed by atoms with Crippen LogP contribution in [0.5, 0.6) is 0 Å². The van der Waals surface area contributed by atoms with E-state index in [0.717, 1.165) is 0 Å². The summed E-state index contributed by atoms with van der Waals surface area (Å²) in [5, 5.41) is 5.57. The Labute approximate surface area is 322 Å². The normalized spacial score (nSPS) is 15.4. The predicted molar refractivity (Wildman–Crippen MR) is 222 cm³/mol. The molecule has 0 aromatic heterocycles. The van der Waals surface area contributed by atoms with Crippen LogP contribution in [0.1, 0.15) is 158 Å². The van der Waals surface area contributed by atoms with Gasteiger partial charge < -0.3 is 0 Å². The van der Waals surface area contributed by atoms with Gasteiger partial charge in [-0.25, -0.2) is 6.08 Å². The molecule has 4 aromatic rings. The Morgan fingerprint density at radius 3 is 1.32 bits per heavy atom. The average Bonchev–Trinajstić information content (AvgIpc) is 3.60. The molecule has 50 heavy (non-hydrogen) atoms. The number of fused-ring (bicyclic) bond motifs is 3. The SMILES string of the molecule is CC(C)(C)c1cc2[cH-]c3cc(C(C)(C)C)c(C(C)(C)C)cc3c2cc1C(C)(C)C.CCCC1[C-]=CC(C(C)(C)C)=C1.C[C](=[Zr+2])c1ccccc1. The van der Waals surface area contributed by atoms with Crippen molar-refractivity contribution < 1.29 is 24.2 Å². The van der Waals surface area contributed by atoms with E-state index in [0.29, 0.717) is 11.3 Å². The van der Waals surface area contributed by atoms with Crippen molar-refractivity contribution in [3.63, 3.8) is 0 Å². The van der Waals surface area contributed by atoms with Gasteiger partial charge in [0.2, 0.25) is 0 Å². The minimum atomic E-state index is 0.124. The molecule has 5 rings (SSSR count). The summed E-state index contributed by atoms with van der Waals surface area (Å²) in [6, 6.07) is 22.8. The summed E-state index contributed by atoms with van der Waals surface area (Å²) in [6.07, 6.45) is 10.4. The fourth-order valence-electron chi connectivity index (χ4n) is 6.73. The van der Waals surface area contributed by atoms with Gasteiger partial charge >= 0.3 is 70.3 Å². The van der Waals surface area contributed by atoms with Crippen LogP contribution in [0.15, 0.2) is 78.4 Å². The molecule has 1 aliphatic carbocycles. The van der Waals surface area contributed by atoms with Crippen LogP contribution in [0.2, 0.25) is 0 Å². The summed E-state index contributed by atoms with van der Waals surface area (Å²) < 4.78 is 1.46. The number of rotatable bonds is 3. The Bertz CT molecular complexity index is 1730. The van der Waals surface area contributed by atoms with Crippen LogP contribution in [-0.2, 0) is 45.9 Å². The van der Waals surface area contributed by atoms with E-state index < -0.39 is 0 Å². The Morgan fingerprint density at radius 2 is 1.02 bits per heavy atom. The summed E-state index contributed by atoms with van der Waals surface area (Å²) in [5.74, 6) is 0.587. The van der Waals surface area contributed by atoms with Crippen molar-refractivity contribution in [3.05, 3.63) is 112 Å². The van der Waals surface area contributed by atoms with E-state index in [4.69, 9.17) is 0 Å². The molecule has 0 saturated heterocycles. The third-order valence-electron chi connectivity index (χ3n) is 9.72. The van der Waals surface area contributed by atoms with Gasteiger partial charge in [0.05, 0.1) is 0 Å². The van der Waals surface area contributed by atoms with E-state index in [1.165, 1.54) is 95.2 Å². The van der Waals surface area contributed by atoms with Gasteiger partial charge in [-0.2, -0.15) is 11.6 Å². The molecule has 0 aliphatic heterocycles. The van der Waals surface area contributed by atoms with Gasteiger partial charge in [0, 0.05) is 0 Å². The summed E-state index contributed by atoms with van der Waals surface area (Å²) in [5.41, 5.74) is 9.52. The zero-order chi connectivity index (χ0) is 38.0. The summed E-state index contributed by atoms with van der Waals surface area (Å²) >= 11 is 1.51. The molecule has 1 atom stereocenters. The molecule has 0 N–H and O–H groups in total. The maximum atomic E-state index is 3.40. The van der Waals surface area contributed by atoms with Crippen molar-refractivity contribution in [3.8, 4) is 0 Å². The predicted octanol–water partition coefficient (Wildman–Crippen LogP) is 14.4. The van der Waals surface area contributed by atoms with Crippen molar-refractivity contribution in [2.75, 3.05) is 0 Å². The van der Waals surface area contributed by atoms with Crippen LogP contribution in [0, 0.1) is 17.4 Å². The van der Waals surface area contributed by atoms with Crippen LogP contribution in [0.3, 0.4) is 0 Å². The molecule has 0 amide bonds. The van der Waals surface area contributed by atoms with E-state index in [1.54, 1.807) is 0 Å². The van der Waals surface area contributed by atoms with Gasteiger partial charge in [-0.3, -0.25) is 6.08 Å². The van der Waals surface area contributed by atoms with Gasteiger partial charge in [0.15, 0.2) is 0 Å².